The van der Waals surface area contributed by atoms with Crippen molar-refractivity contribution in [1.82, 2.24) is 4.98 Å². The van der Waals surface area contributed by atoms with Gasteiger partial charge in [0.2, 0.25) is 0 Å². The molecule has 0 bridgehead atoms. The van der Waals surface area contributed by atoms with E-state index in [1.54, 1.807) is 19.1 Å². The van der Waals surface area contributed by atoms with Crippen molar-refractivity contribution in [2.75, 3.05) is 5.32 Å². The maximum absolute atomic E-state index is 12.1. The van der Waals surface area contributed by atoms with Crippen LogP contribution in [0, 0.1) is 6.92 Å². The predicted molar refractivity (Wildman–Crippen MR) is 83.4 cm³/mol. The standard InChI is InChI=1S/C15H18N2O4S/c1-8(2)20-7-11-5-6-12(21-11)14(19)17-15-16-9(3)13(22-15)10(4)18/h5-6,8H,7H2,1-4H3,(H,16,17,19). The average molecular weight is 322 g/mol. The van der Waals surface area contributed by atoms with Crippen LogP contribution in [0.25, 0.3) is 0 Å². The highest BCUT2D eigenvalue weighted by molar-refractivity contribution is 7.17. The molecule has 0 aliphatic heterocycles. The number of hydrogen-bond acceptors (Lipinski definition) is 6. The van der Waals surface area contributed by atoms with Crippen LogP contribution in [0.15, 0.2) is 16.5 Å². The summed E-state index contributed by atoms with van der Waals surface area (Å²) in [4.78, 5) is 28.2. The highest BCUT2D eigenvalue weighted by atomic mass is 32.1. The number of amides is 1. The molecule has 2 aromatic heterocycles. The van der Waals surface area contributed by atoms with E-state index in [4.69, 9.17) is 9.15 Å². The topological polar surface area (TPSA) is 81.4 Å². The lowest BCUT2D eigenvalue weighted by Gasteiger charge is -2.04. The van der Waals surface area contributed by atoms with Gasteiger partial charge in [0.1, 0.15) is 12.4 Å². The van der Waals surface area contributed by atoms with Gasteiger partial charge in [0.25, 0.3) is 5.91 Å². The Hall–Kier alpha value is -1.99. The second kappa shape index (κ2) is 6.85. The van der Waals surface area contributed by atoms with E-state index in [2.05, 4.69) is 10.3 Å². The number of ketones is 1. The third kappa shape index (κ3) is 4.02. The Bertz CT molecular complexity index is 688. The minimum Gasteiger partial charge on any atom is -0.453 e. The minimum absolute atomic E-state index is 0.0679. The van der Waals surface area contributed by atoms with Crippen molar-refractivity contribution in [3.8, 4) is 0 Å². The molecular formula is C15H18N2O4S. The van der Waals surface area contributed by atoms with Gasteiger partial charge in [-0.25, -0.2) is 4.98 Å². The molecular weight excluding hydrogens is 304 g/mol. The number of furan rings is 1. The minimum atomic E-state index is -0.403. The number of carbonyl (C=O) groups is 2. The summed E-state index contributed by atoms with van der Waals surface area (Å²) in [5.41, 5.74) is 0.610. The quantitative estimate of drug-likeness (QED) is 0.824. The molecule has 0 aromatic carbocycles. The Morgan fingerprint density at radius 3 is 2.73 bits per heavy atom. The molecule has 118 valence electrons. The molecule has 7 heteroatoms. The van der Waals surface area contributed by atoms with Crippen molar-refractivity contribution >= 4 is 28.2 Å². The van der Waals surface area contributed by atoms with Crippen LogP contribution in [-0.4, -0.2) is 22.8 Å². The maximum atomic E-state index is 12.1. The number of carbonyl (C=O) groups excluding carboxylic acids is 2. The first-order chi connectivity index (χ1) is 10.4. The first-order valence-electron chi connectivity index (χ1n) is 6.87. The SMILES string of the molecule is CC(=O)c1sc(NC(=O)c2ccc(COC(C)C)o2)nc1C. The van der Waals surface area contributed by atoms with Crippen LogP contribution in [0.3, 0.4) is 0 Å². The summed E-state index contributed by atoms with van der Waals surface area (Å²) in [6.45, 7) is 7.37. The number of aromatic nitrogens is 1. The van der Waals surface area contributed by atoms with Crippen molar-refractivity contribution in [3.63, 3.8) is 0 Å². The van der Waals surface area contributed by atoms with Crippen LogP contribution in [0.4, 0.5) is 5.13 Å². The number of hydrogen-bond donors (Lipinski definition) is 1. The van der Waals surface area contributed by atoms with Gasteiger partial charge in [-0.15, -0.1) is 0 Å². The van der Waals surface area contributed by atoms with Crippen LogP contribution in [0.5, 0.6) is 0 Å². The molecule has 1 amide bonds. The number of nitrogens with one attached hydrogen (secondary N) is 1. The molecule has 0 saturated carbocycles. The Morgan fingerprint density at radius 1 is 1.41 bits per heavy atom. The molecule has 0 radical (unpaired) electrons. The van der Waals surface area contributed by atoms with Gasteiger partial charge in [-0.3, -0.25) is 14.9 Å². The molecule has 0 unspecified atom stereocenters. The van der Waals surface area contributed by atoms with E-state index < -0.39 is 5.91 Å². The van der Waals surface area contributed by atoms with Gasteiger partial charge in [-0.2, -0.15) is 0 Å². The third-order valence-electron chi connectivity index (χ3n) is 2.78. The Morgan fingerprint density at radius 2 is 2.14 bits per heavy atom. The molecule has 1 N–H and O–H groups in total. The first kappa shape index (κ1) is 16.4. The van der Waals surface area contributed by atoms with E-state index in [-0.39, 0.29) is 17.6 Å². The van der Waals surface area contributed by atoms with Crippen LogP contribution < -0.4 is 5.32 Å². The van der Waals surface area contributed by atoms with E-state index in [1.165, 1.54) is 6.92 Å². The molecule has 0 aliphatic carbocycles. The highest BCUT2D eigenvalue weighted by Gasteiger charge is 2.16. The Balaban J connectivity index is 2.03. The highest BCUT2D eigenvalue weighted by Crippen LogP contribution is 2.23. The van der Waals surface area contributed by atoms with Crippen molar-refractivity contribution in [2.45, 2.75) is 40.4 Å². The fourth-order valence-corrected chi connectivity index (χ4v) is 2.62. The summed E-state index contributed by atoms with van der Waals surface area (Å²) in [7, 11) is 0. The monoisotopic (exact) mass is 322 g/mol. The van der Waals surface area contributed by atoms with E-state index in [1.807, 2.05) is 13.8 Å². The number of nitrogens with zero attached hydrogens (tertiary/aromatic N) is 1. The molecule has 0 spiro atoms. The second-order valence-corrected chi connectivity index (χ2v) is 6.07. The number of anilines is 1. The smallest absolute Gasteiger partial charge is 0.293 e. The van der Waals surface area contributed by atoms with Crippen molar-refractivity contribution in [2.24, 2.45) is 0 Å². The molecule has 22 heavy (non-hydrogen) atoms. The number of thiazole rings is 1. The lowest BCUT2D eigenvalue weighted by molar-refractivity contribution is 0.0537. The zero-order chi connectivity index (χ0) is 16.3. The summed E-state index contributed by atoms with van der Waals surface area (Å²) in [6.07, 6.45) is 0.0886. The number of ether oxygens (including phenoxy) is 1. The van der Waals surface area contributed by atoms with Gasteiger partial charge < -0.3 is 9.15 Å². The van der Waals surface area contributed by atoms with Gasteiger partial charge in [0, 0.05) is 6.92 Å². The number of aryl methyl sites for hydroxylation is 1. The fraction of sp³-hybridized carbons (Fsp3) is 0.400. The molecule has 2 rings (SSSR count). The fourth-order valence-electron chi connectivity index (χ4n) is 1.76. The number of rotatable bonds is 6. The third-order valence-corrected chi connectivity index (χ3v) is 3.95. The summed E-state index contributed by atoms with van der Waals surface area (Å²) >= 11 is 1.15. The van der Waals surface area contributed by atoms with Gasteiger partial charge >= 0.3 is 0 Å². The largest absolute Gasteiger partial charge is 0.453 e. The van der Waals surface area contributed by atoms with Gasteiger partial charge in [-0.1, -0.05) is 11.3 Å². The molecule has 0 fully saturated rings. The summed E-state index contributed by atoms with van der Waals surface area (Å²) in [6, 6.07) is 3.28. The molecule has 2 aromatic rings. The van der Waals surface area contributed by atoms with Crippen LogP contribution >= 0.6 is 11.3 Å². The number of Topliss-reactive ketones (excluding diaryl/α,β-unsaturated/α-hetero) is 1. The Labute approximate surface area is 132 Å². The first-order valence-corrected chi connectivity index (χ1v) is 7.68. The van der Waals surface area contributed by atoms with Crippen LogP contribution in [0.1, 0.15) is 52.5 Å². The van der Waals surface area contributed by atoms with Gasteiger partial charge in [0.15, 0.2) is 16.7 Å². The summed E-state index contributed by atoms with van der Waals surface area (Å²) < 4.78 is 10.8. The van der Waals surface area contributed by atoms with Crippen LogP contribution in [0.2, 0.25) is 0 Å². The van der Waals surface area contributed by atoms with Crippen molar-refractivity contribution in [1.29, 1.82) is 0 Å². The van der Waals surface area contributed by atoms with Crippen LogP contribution in [-0.2, 0) is 11.3 Å². The lowest BCUT2D eigenvalue weighted by Crippen LogP contribution is -2.10. The van der Waals surface area contributed by atoms with Gasteiger partial charge in [-0.05, 0) is 32.9 Å². The summed E-state index contributed by atoms with van der Waals surface area (Å²) in [5.74, 6) is 0.291. The predicted octanol–water partition coefficient (Wildman–Crippen LogP) is 3.42. The van der Waals surface area contributed by atoms with Crippen molar-refractivity contribution in [3.05, 3.63) is 34.2 Å². The molecule has 0 atom stereocenters. The second-order valence-electron chi connectivity index (χ2n) is 5.07. The Kier molecular flexibility index (Phi) is 5.10. The maximum Gasteiger partial charge on any atom is 0.293 e. The van der Waals surface area contributed by atoms with E-state index >= 15 is 0 Å². The zero-order valence-electron chi connectivity index (χ0n) is 12.9. The normalized spacial score (nSPS) is 11.0. The molecule has 6 nitrogen and oxygen atoms in total. The van der Waals surface area contributed by atoms with Gasteiger partial charge in [0.05, 0.1) is 16.7 Å². The van der Waals surface area contributed by atoms with Crippen molar-refractivity contribution < 1.29 is 18.7 Å². The zero-order valence-corrected chi connectivity index (χ0v) is 13.7. The molecule has 0 saturated heterocycles. The molecule has 2 heterocycles. The summed E-state index contributed by atoms with van der Waals surface area (Å²) in [5, 5.41) is 3.01. The molecule has 0 aliphatic rings. The van der Waals surface area contributed by atoms with E-state index in [0.717, 1.165) is 11.3 Å². The van der Waals surface area contributed by atoms with E-state index in [0.29, 0.717) is 28.1 Å². The lowest BCUT2D eigenvalue weighted by atomic mass is 10.3. The van der Waals surface area contributed by atoms with E-state index in [9.17, 15) is 9.59 Å². The average Bonchev–Trinajstić information content (AvgIpc) is 3.03.